The zero-order valence-electron chi connectivity index (χ0n) is 16.6. The van der Waals surface area contributed by atoms with Crippen molar-refractivity contribution in [2.24, 2.45) is 11.7 Å². The van der Waals surface area contributed by atoms with Gasteiger partial charge in [-0.2, -0.15) is 0 Å². The van der Waals surface area contributed by atoms with Crippen molar-refractivity contribution in [2.75, 3.05) is 0 Å². The standard InChI is InChI=1S/C24H30N2O2/c1-16-5-9-19(10-6-16)26-23-4-2-3-18-15-21(13-14-22(18)23)28-20-11-7-17(8-12-20)24(25)27/h7-8,11-16,19,23,26H,2-6,9-10H2,1H3,(H2,25,27). The van der Waals surface area contributed by atoms with E-state index in [0.29, 0.717) is 23.4 Å². The van der Waals surface area contributed by atoms with Crippen LogP contribution in [-0.2, 0) is 6.42 Å². The van der Waals surface area contributed by atoms with Gasteiger partial charge in [0.1, 0.15) is 11.5 Å². The predicted octanol–water partition coefficient (Wildman–Crippen LogP) is 5.12. The van der Waals surface area contributed by atoms with E-state index in [1.165, 1.54) is 49.7 Å². The Morgan fingerprint density at radius 1 is 1.00 bits per heavy atom. The Labute approximate surface area is 167 Å². The van der Waals surface area contributed by atoms with Crippen LogP contribution in [0.4, 0.5) is 0 Å². The number of fused-ring (bicyclic) bond motifs is 1. The number of carbonyl (C=O) groups is 1. The van der Waals surface area contributed by atoms with Gasteiger partial charge in [-0.3, -0.25) is 4.79 Å². The van der Waals surface area contributed by atoms with Crippen molar-refractivity contribution in [3.8, 4) is 11.5 Å². The Hall–Kier alpha value is -2.33. The maximum Gasteiger partial charge on any atom is 0.248 e. The van der Waals surface area contributed by atoms with E-state index in [2.05, 4.69) is 30.4 Å². The van der Waals surface area contributed by atoms with Gasteiger partial charge in [0.15, 0.2) is 0 Å². The van der Waals surface area contributed by atoms with Crippen LogP contribution in [0.15, 0.2) is 42.5 Å². The zero-order chi connectivity index (χ0) is 19.5. The summed E-state index contributed by atoms with van der Waals surface area (Å²) in [6, 6.07) is 14.5. The van der Waals surface area contributed by atoms with Gasteiger partial charge >= 0.3 is 0 Å². The van der Waals surface area contributed by atoms with E-state index < -0.39 is 5.91 Å². The Morgan fingerprint density at radius 3 is 2.43 bits per heavy atom. The van der Waals surface area contributed by atoms with Crippen LogP contribution >= 0.6 is 0 Å². The molecule has 0 bridgehead atoms. The van der Waals surface area contributed by atoms with Gasteiger partial charge in [0.25, 0.3) is 0 Å². The lowest BCUT2D eigenvalue weighted by Crippen LogP contribution is -2.37. The zero-order valence-corrected chi connectivity index (χ0v) is 16.6. The first-order chi connectivity index (χ1) is 13.6. The van der Waals surface area contributed by atoms with E-state index in [1.807, 2.05) is 0 Å². The van der Waals surface area contributed by atoms with Crippen molar-refractivity contribution in [2.45, 2.75) is 64.0 Å². The summed E-state index contributed by atoms with van der Waals surface area (Å²) in [5.41, 5.74) is 8.60. The summed E-state index contributed by atoms with van der Waals surface area (Å²) in [6.07, 6.45) is 8.83. The van der Waals surface area contributed by atoms with Crippen LogP contribution in [-0.4, -0.2) is 11.9 Å². The molecule has 4 heteroatoms. The second-order valence-electron chi connectivity index (χ2n) is 8.42. The third-order valence-corrected chi connectivity index (χ3v) is 6.26. The topological polar surface area (TPSA) is 64.3 Å². The SMILES string of the molecule is CC1CCC(NC2CCCc3cc(Oc4ccc(C(N)=O)cc4)ccc32)CC1. The summed E-state index contributed by atoms with van der Waals surface area (Å²) >= 11 is 0. The lowest BCUT2D eigenvalue weighted by atomic mass is 9.84. The van der Waals surface area contributed by atoms with Crippen LogP contribution < -0.4 is 15.8 Å². The van der Waals surface area contributed by atoms with E-state index in [-0.39, 0.29) is 0 Å². The van der Waals surface area contributed by atoms with Crippen LogP contribution in [0.2, 0.25) is 0 Å². The summed E-state index contributed by atoms with van der Waals surface area (Å²) in [5, 5.41) is 3.94. The highest BCUT2D eigenvalue weighted by Crippen LogP contribution is 2.35. The molecule has 2 aromatic rings. The molecule has 2 aliphatic carbocycles. The maximum atomic E-state index is 11.2. The number of benzene rings is 2. The molecule has 0 spiro atoms. The second-order valence-corrected chi connectivity index (χ2v) is 8.42. The first-order valence-electron chi connectivity index (χ1n) is 10.5. The van der Waals surface area contributed by atoms with E-state index in [4.69, 9.17) is 10.5 Å². The minimum Gasteiger partial charge on any atom is -0.457 e. The normalized spacial score (nSPS) is 24.4. The lowest BCUT2D eigenvalue weighted by Gasteiger charge is -2.34. The highest BCUT2D eigenvalue weighted by Gasteiger charge is 2.25. The molecule has 3 N–H and O–H groups in total. The highest BCUT2D eigenvalue weighted by molar-refractivity contribution is 5.92. The van der Waals surface area contributed by atoms with Crippen molar-refractivity contribution < 1.29 is 9.53 Å². The quantitative estimate of drug-likeness (QED) is 0.759. The number of hydrogen-bond acceptors (Lipinski definition) is 3. The number of nitrogens with two attached hydrogens (primary N) is 1. The fraction of sp³-hybridized carbons (Fsp3) is 0.458. The number of hydrogen-bond donors (Lipinski definition) is 2. The van der Waals surface area contributed by atoms with Crippen LogP contribution in [0.25, 0.3) is 0 Å². The number of ether oxygens (including phenoxy) is 1. The maximum absolute atomic E-state index is 11.2. The molecule has 1 saturated carbocycles. The average Bonchev–Trinajstić information content (AvgIpc) is 2.70. The molecule has 0 aromatic heterocycles. The summed E-state index contributed by atoms with van der Waals surface area (Å²) in [4.78, 5) is 11.2. The molecular weight excluding hydrogens is 348 g/mol. The average molecular weight is 379 g/mol. The number of nitrogens with one attached hydrogen (secondary N) is 1. The van der Waals surface area contributed by atoms with Gasteiger partial charge in [0, 0.05) is 17.6 Å². The Bertz CT molecular complexity index is 823. The molecule has 1 fully saturated rings. The van der Waals surface area contributed by atoms with E-state index in [1.54, 1.807) is 24.3 Å². The van der Waals surface area contributed by atoms with Gasteiger partial charge in [0.05, 0.1) is 0 Å². The molecular formula is C24H30N2O2. The third-order valence-electron chi connectivity index (χ3n) is 6.26. The molecule has 1 amide bonds. The number of rotatable bonds is 5. The summed E-state index contributed by atoms with van der Waals surface area (Å²) < 4.78 is 6.00. The Kier molecular flexibility index (Phi) is 5.67. The summed E-state index contributed by atoms with van der Waals surface area (Å²) in [6.45, 7) is 2.37. The number of aryl methyl sites for hydroxylation is 1. The lowest BCUT2D eigenvalue weighted by molar-refractivity contribution is 0.100. The van der Waals surface area contributed by atoms with E-state index >= 15 is 0 Å². The minimum absolute atomic E-state index is 0.425. The van der Waals surface area contributed by atoms with Gasteiger partial charge in [-0.25, -0.2) is 0 Å². The van der Waals surface area contributed by atoms with Crippen molar-refractivity contribution in [3.63, 3.8) is 0 Å². The third kappa shape index (κ3) is 4.39. The number of amides is 1. The molecule has 0 radical (unpaired) electrons. The van der Waals surface area contributed by atoms with Crippen molar-refractivity contribution in [1.29, 1.82) is 0 Å². The first kappa shape index (κ1) is 19.0. The molecule has 1 unspecified atom stereocenters. The Morgan fingerprint density at radius 2 is 1.71 bits per heavy atom. The van der Waals surface area contributed by atoms with Crippen molar-refractivity contribution in [3.05, 3.63) is 59.2 Å². The predicted molar refractivity (Wildman–Crippen MR) is 112 cm³/mol. The molecule has 1 atom stereocenters. The van der Waals surface area contributed by atoms with Crippen molar-refractivity contribution >= 4 is 5.91 Å². The summed E-state index contributed by atoms with van der Waals surface area (Å²) in [7, 11) is 0. The highest BCUT2D eigenvalue weighted by atomic mass is 16.5. The van der Waals surface area contributed by atoms with Gasteiger partial charge in [0.2, 0.25) is 5.91 Å². The largest absolute Gasteiger partial charge is 0.457 e. The smallest absolute Gasteiger partial charge is 0.248 e. The van der Waals surface area contributed by atoms with Crippen LogP contribution in [0.5, 0.6) is 11.5 Å². The molecule has 148 valence electrons. The first-order valence-corrected chi connectivity index (χ1v) is 10.5. The molecule has 28 heavy (non-hydrogen) atoms. The van der Waals surface area contributed by atoms with Gasteiger partial charge < -0.3 is 15.8 Å². The molecule has 2 aliphatic rings. The van der Waals surface area contributed by atoms with Crippen molar-refractivity contribution in [1.82, 2.24) is 5.32 Å². The number of carbonyl (C=O) groups excluding carboxylic acids is 1. The molecule has 0 heterocycles. The number of primary amides is 1. The van der Waals surface area contributed by atoms with Gasteiger partial charge in [-0.1, -0.05) is 13.0 Å². The summed E-state index contributed by atoms with van der Waals surface area (Å²) in [5.74, 6) is 2.02. The van der Waals surface area contributed by atoms with Crippen LogP contribution in [0, 0.1) is 5.92 Å². The van der Waals surface area contributed by atoms with Crippen LogP contribution in [0.3, 0.4) is 0 Å². The second kappa shape index (κ2) is 8.36. The fourth-order valence-electron chi connectivity index (χ4n) is 4.56. The molecule has 0 saturated heterocycles. The van der Waals surface area contributed by atoms with E-state index in [9.17, 15) is 4.79 Å². The molecule has 4 nitrogen and oxygen atoms in total. The Balaban J connectivity index is 1.44. The van der Waals surface area contributed by atoms with Gasteiger partial charge in [-0.15, -0.1) is 0 Å². The van der Waals surface area contributed by atoms with Gasteiger partial charge in [-0.05, 0) is 98.4 Å². The molecule has 2 aromatic carbocycles. The van der Waals surface area contributed by atoms with Crippen LogP contribution in [0.1, 0.15) is 73.0 Å². The monoisotopic (exact) mass is 378 g/mol. The molecule has 0 aliphatic heterocycles. The van der Waals surface area contributed by atoms with E-state index in [0.717, 1.165) is 18.1 Å². The minimum atomic E-state index is -0.425. The fourth-order valence-corrected chi connectivity index (χ4v) is 4.56. The molecule has 4 rings (SSSR count).